The minimum Gasteiger partial charge on any atom is -0.495 e. The maximum Gasteiger partial charge on any atom is 0.137 e. The molecule has 1 aromatic carbocycles. The molecule has 1 aliphatic heterocycles. The number of rotatable bonds is 3. The van der Waals surface area contributed by atoms with Crippen LogP contribution < -0.4 is 14.5 Å². The lowest BCUT2D eigenvalue weighted by Crippen LogP contribution is -2.46. The Balaban J connectivity index is 1.67. The maximum atomic E-state index is 6.20. The van der Waals surface area contributed by atoms with E-state index in [4.69, 9.17) is 16.3 Å². The van der Waals surface area contributed by atoms with E-state index in [1.807, 2.05) is 30.5 Å². The van der Waals surface area contributed by atoms with Gasteiger partial charge in [-0.05, 0) is 30.3 Å². The lowest BCUT2D eigenvalue weighted by atomic mass is 10.2. The molecular weight excluding hydrogens is 286 g/mol. The van der Waals surface area contributed by atoms with Crippen LogP contribution in [0.4, 0.5) is 11.5 Å². The van der Waals surface area contributed by atoms with E-state index in [-0.39, 0.29) is 0 Å². The van der Waals surface area contributed by atoms with Crippen LogP contribution in [-0.2, 0) is 0 Å². The molecule has 21 heavy (non-hydrogen) atoms. The van der Waals surface area contributed by atoms with Crippen molar-refractivity contribution in [3.8, 4) is 5.75 Å². The second-order valence-corrected chi connectivity index (χ2v) is 5.39. The SMILES string of the molecule is COc1ccc(N2CCN(c3ccccn3)CC2)cc1Cl. The van der Waals surface area contributed by atoms with Gasteiger partial charge in [-0.1, -0.05) is 17.7 Å². The summed E-state index contributed by atoms with van der Waals surface area (Å²) >= 11 is 6.20. The molecule has 1 fully saturated rings. The van der Waals surface area contributed by atoms with E-state index in [2.05, 4.69) is 26.9 Å². The summed E-state index contributed by atoms with van der Waals surface area (Å²) in [6.07, 6.45) is 1.84. The van der Waals surface area contributed by atoms with E-state index in [1.54, 1.807) is 7.11 Å². The third kappa shape index (κ3) is 3.05. The number of nitrogens with zero attached hydrogens (tertiary/aromatic N) is 3. The third-order valence-corrected chi connectivity index (χ3v) is 4.05. The highest BCUT2D eigenvalue weighted by atomic mass is 35.5. The molecule has 0 spiro atoms. The molecule has 1 aromatic heterocycles. The summed E-state index contributed by atoms with van der Waals surface area (Å²) in [7, 11) is 1.63. The summed E-state index contributed by atoms with van der Waals surface area (Å²) in [5.41, 5.74) is 1.14. The zero-order valence-electron chi connectivity index (χ0n) is 12.0. The van der Waals surface area contributed by atoms with E-state index in [1.165, 1.54) is 0 Å². The fourth-order valence-corrected chi connectivity index (χ4v) is 2.84. The molecule has 110 valence electrons. The van der Waals surface area contributed by atoms with Crippen molar-refractivity contribution >= 4 is 23.1 Å². The third-order valence-electron chi connectivity index (χ3n) is 3.75. The van der Waals surface area contributed by atoms with Crippen LogP contribution in [0.15, 0.2) is 42.6 Å². The van der Waals surface area contributed by atoms with E-state index in [0.717, 1.165) is 37.7 Å². The van der Waals surface area contributed by atoms with Gasteiger partial charge >= 0.3 is 0 Å². The van der Waals surface area contributed by atoms with Crippen LogP contribution in [0.3, 0.4) is 0 Å². The predicted octanol–water partition coefficient (Wildman–Crippen LogP) is 3.07. The van der Waals surface area contributed by atoms with E-state index in [9.17, 15) is 0 Å². The Morgan fingerprint density at radius 3 is 2.43 bits per heavy atom. The lowest BCUT2D eigenvalue weighted by molar-refractivity contribution is 0.415. The van der Waals surface area contributed by atoms with Gasteiger partial charge in [0.1, 0.15) is 11.6 Å². The van der Waals surface area contributed by atoms with Crippen LogP contribution >= 0.6 is 11.6 Å². The highest BCUT2D eigenvalue weighted by molar-refractivity contribution is 6.32. The summed E-state index contributed by atoms with van der Waals surface area (Å²) in [4.78, 5) is 9.05. The zero-order valence-corrected chi connectivity index (χ0v) is 12.8. The van der Waals surface area contributed by atoms with E-state index >= 15 is 0 Å². The molecule has 0 N–H and O–H groups in total. The van der Waals surface area contributed by atoms with Crippen molar-refractivity contribution in [2.24, 2.45) is 0 Å². The summed E-state index contributed by atoms with van der Waals surface area (Å²) < 4.78 is 5.20. The largest absolute Gasteiger partial charge is 0.495 e. The average molecular weight is 304 g/mol. The van der Waals surface area contributed by atoms with Crippen molar-refractivity contribution in [1.29, 1.82) is 0 Å². The number of aromatic nitrogens is 1. The molecule has 0 atom stereocenters. The molecule has 1 saturated heterocycles. The molecule has 5 heteroatoms. The summed E-state index contributed by atoms with van der Waals surface area (Å²) in [6.45, 7) is 3.83. The average Bonchev–Trinajstić information content (AvgIpc) is 2.56. The lowest BCUT2D eigenvalue weighted by Gasteiger charge is -2.36. The predicted molar refractivity (Wildman–Crippen MR) is 86.7 cm³/mol. The topological polar surface area (TPSA) is 28.6 Å². The normalized spacial score (nSPS) is 15.1. The van der Waals surface area contributed by atoms with Gasteiger partial charge in [-0.25, -0.2) is 4.98 Å². The van der Waals surface area contributed by atoms with Gasteiger partial charge in [-0.3, -0.25) is 0 Å². The minimum atomic E-state index is 0.655. The Bertz CT molecular complexity index is 598. The smallest absolute Gasteiger partial charge is 0.137 e. The number of ether oxygens (including phenoxy) is 1. The Hall–Kier alpha value is -1.94. The first kappa shape index (κ1) is 14.0. The molecule has 2 aromatic rings. The molecule has 2 heterocycles. The van der Waals surface area contributed by atoms with Crippen LogP contribution in [0.25, 0.3) is 0 Å². The number of methoxy groups -OCH3 is 1. The van der Waals surface area contributed by atoms with E-state index < -0.39 is 0 Å². The molecule has 0 amide bonds. The minimum absolute atomic E-state index is 0.655. The fraction of sp³-hybridized carbons (Fsp3) is 0.312. The molecule has 1 aliphatic rings. The monoisotopic (exact) mass is 303 g/mol. The second-order valence-electron chi connectivity index (χ2n) is 4.98. The van der Waals surface area contributed by atoms with Gasteiger partial charge in [0.15, 0.2) is 0 Å². The quantitative estimate of drug-likeness (QED) is 0.871. The standard InChI is InChI=1S/C16H18ClN3O/c1-21-15-6-5-13(12-14(15)17)19-8-10-20(11-9-19)16-4-2-3-7-18-16/h2-7,12H,8-11H2,1H3. The number of hydrogen-bond acceptors (Lipinski definition) is 4. The summed E-state index contributed by atoms with van der Waals surface area (Å²) in [6, 6.07) is 12.0. The summed E-state index contributed by atoms with van der Waals surface area (Å²) in [5, 5.41) is 0.655. The molecule has 0 radical (unpaired) electrons. The highest BCUT2D eigenvalue weighted by Crippen LogP contribution is 2.29. The first-order chi connectivity index (χ1) is 10.3. The van der Waals surface area contributed by atoms with Gasteiger partial charge in [0.05, 0.1) is 12.1 Å². The molecule has 0 aliphatic carbocycles. The van der Waals surface area contributed by atoms with Gasteiger partial charge in [-0.15, -0.1) is 0 Å². The first-order valence-electron chi connectivity index (χ1n) is 7.02. The van der Waals surface area contributed by atoms with E-state index in [0.29, 0.717) is 10.8 Å². The number of halogens is 1. The maximum absolute atomic E-state index is 6.20. The van der Waals surface area contributed by atoms with Crippen molar-refractivity contribution in [2.45, 2.75) is 0 Å². The van der Waals surface area contributed by atoms with Crippen LogP contribution in [-0.4, -0.2) is 38.3 Å². The van der Waals surface area contributed by atoms with Crippen molar-refractivity contribution in [1.82, 2.24) is 4.98 Å². The Morgan fingerprint density at radius 2 is 1.81 bits per heavy atom. The molecule has 4 nitrogen and oxygen atoms in total. The van der Waals surface area contributed by atoms with Crippen LogP contribution in [0.2, 0.25) is 5.02 Å². The van der Waals surface area contributed by atoms with Gasteiger partial charge in [0, 0.05) is 38.1 Å². The second kappa shape index (κ2) is 6.22. The Kier molecular flexibility index (Phi) is 4.15. The number of benzene rings is 1. The highest BCUT2D eigenvalue weighted by Gasteiger charge is 2.18. The number of anilines is 2. The zero-order chi connectivity index (χ0) is 14.7. The molecule has 0 bridgehead atoms. The Labute approximate surface area is 129 Å². The summed E-state index contributed by atoms with van der Waals surface area (Å²) in [5.74, 6) is 1.76. The first-order valence-corrected chi connectivity index (χ1v) is 7.40. The van der Waals surface area contributed by atoms with Crippen LogP contribution in [0.1, 0.15) is 0 Å². The van der Waals surface area contributed by atoms with Gasteiger partial charge in [0.2, 0.25) is 0 Å². The fourth-order valence-electron chi connectivity index (χ4n) is 2.59. The van der Waals surface area contributed by atoms with Crippen LogP contribution in [0, 0.1) is 0 Å². The number of pyridine rings is 1. The number of piperazine rings is 1. The molecular formula is C16H18ClN3O. The van der Waals surface area contributed by atoms with Gasteiger partial charge in [-0.2, -0.15) is 0 Å². The van der Waals surface area contributed by atoms with Crippen molar-refractivity contribution in [2.75, 3.05) is 43.1 Å². The van der Waals surface area contributed by atoms with Crippen molar-refractivity contribution < 1.29 is 4.74 Å². The van der Waals surface area contributed by atoms with Gasteiger partial charge in [0.25, 0.3) is 0 Å². The van der Waals surface area contributed by atoms with Crippen LogP contribution in [0.5, 0.6) is 5.75 Å². The molecule has 0 saturated carbocycles. The Morgan fingerprint density at radius 1 is 1.05 bits per heavy atom. The number of hydrogen-bond donors (Lipinski definition) is 0. The van der Waals surface area contributed by atoms with Crippen molar-refractivity contribution in [3.63, 3.8) is 0 Å². The molecule has 3 rings (SSSR count). The van der Waals surface area contributed by atoms with Gasteiger partial charge < -0.3 is 14.5 Å². The molecule has 0 unspecified atom stereocenters. The van der Waals surface area contributed by atoms with Crippen molar-refractivity contribution in [3.05, 3.63) is 47.6 Å².